The molecule has 2 aliphatic heterocycles. The number of ether oxygens (including phenoxy) is 2. The van der Waals surface area contributed by atoms with Gasteiger partial charge in [0.1, 0.15) is 5.76 Å². The Morgan fingerprint density at radius 1 is 1.17 bits per heavy atom. The summed E-state index contributed by atoms with van der Waals surface area (Å²) >= 11 is 0. The van der Waals surface area contributed by atoms with Crippen molar-refractivity contribution >= 4 is 5.90 Å². The topological polar surface area (TPSA) is 127 Å². The minimum Gasteiger partial charge on any atom is -0.466 e. The summed E-state index contributed by atoms with van der Waals surface area (Å²) in [6.45, 7) is 0. The highest BCUT2D eigenvalue weighted by molar-refractivity contribution is 5.89. The van der Waals surface area contributed by atoms with E-state index < -0.39 is 28.6 Å². The molecule has 0 spiro atoms. The van der Waals surface area contributed by atoms with Crippen LogP contribution in [0.2, 0.25) is 0 Å². The molecular formula is C17H14N4O3. The number of hydrogen-bond donors (Lipinski definition) is 1. The summed E-state index contributed by atoms with van der Waals surface area (Å²) in [5.74, 6) is -1.70. The number of rotatable bonds is 1. The predicted octanol–water partition coefficient (Wildman–Crippen LogP) is 2.79. The van der Waals surface area contributed by atoms with Gasteiger partial charge in [-0.2, -0.15) is 15.8 Å². The zero-order chi connectivity index (χ0) is 17.0. The Labute approximate surface area is 138 Å². The van der Waals surface area contributed by atoms with Crippen LogP contribution in [0.15, 0.2) is 22.8 Å². The molecular weight excluding hydrogens is 308 g/mol. The first-order chi connectivity index (χ1) is 11.6. The third-order valence-electron chi connectivity index (χ3n) is 5.62. The fraction of sp³-hybridized carbons (Fsp3) is 0.529. The minimum absolute atomic E-state index is 0.291. The lowest BCUT2D eigenvalue weighted by Crippen LogP contribution is -2.60. The second-order valence-corrected chi connectivity index (χ2v) is 6.51. The highest BCUT2D eigenvalue weighted by Gasteiger charge is 2.80. The maximum Gasteiger partial charge on any atom is 0.217 e. The summed E-state index contributed by atoms with van der Waals surface area (Å²) in [5.41, 5.74) is -3.56. The first-order valence-corrected chi connectivity index (χ1v) is 7.83. The van der Waals surface area contributed by atoms with Gasteiger partial charge in [0, 0.05) is 6.42 Å². The van der Waals surface area contributed by atoms with Gasteiger partial charge in [0.05, 0.1) is 30.4 Å². The van der Waals surface area contributed by atoms with Crippen LogP contribution in [-0.4, -0.2) is 11.7 Å². The number of hydrogen-bond acceptors (Lipinski definition) is 7. The lowest BCUT2D eigenvalue weighted by atomic mass is 9.52. The van der Waals surface area contributed by atoms with Gasteiger partial charge in [-0.15, -0.1) is 0 Å². The summed E-state index contributed by atoms with van der Waals surface area (Å²) in [4.78, 5) is 0. The standard InChI is InChI=1S/C17H14N4O3/c18-8-15(9-19)13(11-4-3-7-22-11)23-17-6-2-1-5-12(17)16(15,10-20)14(21)24-17/h3-4,7,12-13,21H,1-2,5-6H2/t12-,13-,16-,17+/m0/s1. The molecule has 0 aromatic carbocycles. The van der Waals surface area contributed by atoms with Gasteiger partial charge in [0.15, 0.2) is 11.5 Å². The lowest BCUT2D eigenvalue weighted by molar-refractivity contribution is -0.297. The summed E-state index contributed by atoms with van der Waals surface area (Å²) < 4.78 is 17.3. The van der Waals surface area contributed by atoms with Gasteiger partial charge in [-0.25, -0.2) is 0 Å². The Balaban J connectivity index is 2.02. The van der Waals surface area contributed by atoms with Gasteiger partial charge in [-0.1, -0.05) is 6.42 Å². The van der Waals surface area contributed by atoms with E-state index >= 15 is 0 Å². The summed E-state index contributed by atoms with van der Waals surface area (Å²) in [6, 6.07) is 9.36. The Hall–Kier alpha value is -2.82. The van der Waals surface area contributed by atoms with Crippen molar-refractivity contribution < 1.29 is 13.9 Å². The SMILES string of the molecule is N#CC1(C#N)[C@H](c2ccco2)O[C@@]23CCCC[C@H]2[C@@]1(C#N)C(=N)O3. The van der Waals surface area contributed by atoms with Crippen molar-refractivity contribution in [2.24, 2.45) is 16.7 Å². The minimum atomic E-state index is -1.90. The van der Waals surface area contributed by atoms with Crippen LogP contribution in [0.4, 0.5) is 0 Å². The predicted molar refractivity (Wildman–Crippen MR) is 77.7 cm³/mol. The first kappa shape index (κ1) is 14.8. The van der Waals surface area contributed by atoms with Crippen LogP contribution in [0.1, 0.15) is 37.5 Å². The average molecular weight is 322 g/mol. The maximum absolute atomic E-state index is 10.0. The van der Waals surface area contributed by atoms with E-state index in [4.69, 9.17) is 19.3 Å². The monoisotopic (exact) mass is 322 g/mol. The highest BCUT2D eigenvalue weighted by Crippen LogP contribution is 2.69. The van der Waals surface area contributed by atoms with Gasteiger partial charge >= 0.3 is 0 Å². The third-order valence-corrected chi connectivity index (χ3v) is 5.62. The summed E-state index contributed by atoms with van der Waals surface area (Å²) in [5, 5.41) is 38.2. The van der Waals surface area contributed by atoms with E-state index in [9.17, 15) is 15.8 Å². The number of nitrogens with zero attached hydrogens (tertiary/aromatic N) is 3. The molecule has 1 aromatic rings. The number of nitrogens with one attached hydrogen (secondary N) is 1. The summed E-state index contributed by atoms with van der Waals surface area (Å²) in [7, 11) is 0. The molecule has 2 saturated heterocycles. The molecule has 3 aliphatic rings. The second kappa shape index (κ2) is 4.60. The van der Waals surface area contributed by atoms with Crippen LogP contribution in [0.25, 0.3) is 0 Å². The molecule has 1 aromatic heterocycles. The lowest BCUT2D eigenvalue weighted by Gasteiger charge is -2.50. The molecule has 120 valence electrons. The average Bonchev–Trinajstić information content (AvgIpc) is 3.19. The van der Waals surface area contributed by atoms with E-state index in [2.05, 4.69) is 6.07 Å². The highest BCUT2D eigenvalue weighted by atomic mass is 16.7. The van der Waals surface area contributed by atoms with Crippen molar-refractivity contribution in [3.05, 3.63) is 24.2 Å². The van der Waals surface area contributed by atoms with E-state index in [1.54, 1.807) is 12.1 Å². The van der Waals surface area contributed by atoms with Crippen molar-refractivity contribution in [1.82, 2.24) is 0 Å². The molecule has 24 heavy (non-hydrogen) atoms. The third kappa shape index (κ3) is 1.36. The smallest absolute Gasteiger partial charge is 0.217 e. The zero-order valence-corrected chi connectivity index (χ0v) is 12.8. The zero-order valence-electron chi connectivity index (χ0n) is 12.8. The molecule has 3 heterocycles. The molecule has 7 heteroatoms. The van der Waals surface area contributed by atoms with E-state index in [0.717, 1.165) is 12.8 Å². The van der Waals surface area contributed by atoms with E-state index in [1.165, 1.54) is 6.26 Å². The normalized spacial score (nSPS) is 39.0. The first-order valence-electron chi connectivity index (χ1n) is 7.83. The Kier molecular flexibility index (Phi) is 2.83. The molecule has 4 atom stereocenters. The van der Waals surface area contributed by atoms with E-state index in [1.807, 2.05) is 12.1 Å². The van der Waals surface area contributed by atoms with Gasteiger partial charge in [0.2, 0.25) is 17.1 Å². The van der Waals surface area contributed by atoms with Crippen LogP contribution < -0.4 is 0 Å². The van der Waals surface area contributed by atoms with Crippen LogP contribution >= 0.6 is 0 Å². The van der Waals surface area contributed by atoms with Crippen LogP contribution in [0.5, 0.6) is 0 Å². The maximum atomic E-state index is 10.0. The molecule has 0 unspecified atom stereocenters. The van der Waals surface area contributed by atoms with E-state index in [-0.39, 0.29) is 5.90 Å². The molecule has 1 N–H and O–H groups in total. The second-order valence-electron chi connectivity index (χ2n) is 6.51. The Bertz CT molecular complexity index is 813. The van der Waals surface area contributed by atoms with Crippen molar-refractivity contribution in [2.45, 2.75) is 37.6 Å². The molecule has 0 radical (unpaired) electrons. The van der Waals surface area contributed by atoms with Crippen molar-refractivity contribution in [1.29, 1.82) is 21.2 Å². The van der Waals surface area contributed by atoms with Gasteiger partial charge in [-0.3, -0.25) is 5.41 Å². The summed E-state index contributed by atoms with van der Waals surface area (Å²) in [6.07, 6.45) is 3.12. The fourth-order valence-corrected chi connectivity index (χ4v) is 4.56. The van der Waals surface area contributed by atoms with Gasteiger partial charge in [0.25, 0.3) is 0 Å². The molecule has 7 nitrogen and oxygen atoms in total. The van der Waals surface area contributed by atoms with Crippen LogP contribution in [0.3, 0.4) is 0 Å². The quantitative estimate of drug-likeness (QED) is 0.846. The van der Waals surface area contributed by atoms with Crippen LogP contribution in [0, 0.1) is 56.2 Å². The van der Waals surface area contributed by atoms with Crippen molar-refractivity contribution in [2.75, 3.05) is 0 Å². The largest absolute Gasteiger partial charge is 0.466 e. The number of nitriles is 3. The van der Waals surface area contributed by atoms with Crippen molar-refractivity contribution in [3.8, 4) is 18.2 Å². The molecule has 3 fully saturated rings. The molecule has 1 aliphatic carbocycles. The van der Waals surface area contributed by atoms with Gasteiger partial charge < -0.3 is 13.9 Å². The van der Waals surface area contributed by atoms with Crippen LogP contribution in [-0.2, 0) is 9.47 Å². The Morgan fingerprint density at radius 3 is 2.58 bits per heavy atom. The van der Waals surface area contributed by atoms with Gasteiger partial charge in [-0.05, 0) is 25.0 Å². The molecule has 1 saturated carbocycles. The molecule has 4 rings (SSSR count). The number of furan rings is 1. The van der Waals surface area contributed by atoms with Crippen molar-refractivity contribution in [3.63, 3.8) is 0 Å². The molecule has 2 bridgehead atoms. The van der Waals surface area contributed by atoms with E-state index in [0.29, 0.717) is 18.6 Å². The Morgan fingerprint density at radius 2 is 1.96 bits per heavy atom. The molecule has 0 amide bonds. The fourth-order valence-electron chi connectivity index (χ4n) is 4.56.